The van der Waals surface area contributed by atoms with Crippen LogP contribution in [-0.4, -0.2) is 63.3 Å². The second kappa shape index (κ2) is 13.9. The molecule has 4 aromatic rings. The second-order valence-electron chi connectivity index (χ2n) is 10.8. The number of nitrogens with one attached hydrogen (secondary N) is 3. The van der Waals surface area contributed by atoms with Crippen molar-refractivity contribution in [1.29, 1.82) is 0 Å². The molecule has 0 aliphatic carbocycles. The molecule has 2 atom stereocenters. The topological polar surface area (TPSA) is 159 Å². The highest BCUT2D eigenvalue weighted by Gasteiger charge is 2.28. The monoisotopic (exact) mass is 635 g/mol. The SMILES string of the molecule is Cc1cc(C(=O)N2CCCNC(=O)c3csc(n3)[C@H](C(C)C)NC(=O)c3csc(n3)[C@H](Cc3ccccc3)NC(=O)C2)on1. The van der Waals surface area contributed by atoms with E-state index in [1.807, 2.05) is 44.2 Å². The number of aromatic nitrogens is 3. The summed E-state index contributed by atoms with van der Waals surface area (Å²) in [5.41, 5.74) is 1.97. The summed E-state index contributed by atoms with van der Waals surface area (Å²) in [6, 6.07) is 10.2. The van der Waals surface area contributed by atoms with Crippen LogP contribution in [-0.2, 0) is 11.2 Å². The molecule has 0 unspecified atom stereocenters. The minimum absolute atomic E-state index is 0.00462. The van der Waals surface area contributed by atoms with Crippen LogP contribution in [0.3, 0.4) is 0 Å². The highest BCUT2D eigenvalue weighted by Crippen LogP contribution is 2.27. The summed E-state index contributed by atoms with van der Waals surface area (Å²) < 4.78 is 5.18. The molecule has 4 bridgehead atoms. The van der Waals surface area contributed by atoms with E-state index in [2.05, 4.69) is 31.1 Å². The summed E-state index contributed by atoms with van der Waals surface area (Å²) in [4.78, 5) is 63.5. The van der Waals surface area contributed by atoms with Gasteiger partial charge in [0.2, 0.25) is 11.7 Å². The molecule has 230 valence electrons. The minimum Gasteiger partial charge on any atom is -0.351 e. The van der Waals surface area contributed by atoms with Gasteiger partial charge in [-0.1, -0.05) is 49.3 Å². The molecule has 4 heterocycles. The number of rotatable bonds is 4. The van der Waals surface area contributed by atoms with Gasteiger partial charge in [0.05, 0.1) is 24.3 Å². The maximum atomic E-state index is 13.5. The lowest BCUT2D eigenvalue weighted by molar-refractivity contribution is -0.122. The Morgan fingerprint density at radius 1 is 1.02 bits per heavy atom. The second-order valence-corrected chi connectivity index (χ2v) is 12.6. The van der Waals surface area contributed by atoms with Crippen molar-refractivity contribution < 1.29 is 23.7 Å². The van der Waals surface area contributed by atoms with Crippen molar-refractivity contribution in [1.82, 2.24) is 36.0 Å². The van der Waals surface area contributed by atoms with Crippen LogP contribution < -0.4 is 16.0 Å². The van der Waals surface area contributed by atoms with Crippen LogP contribution in [0.2, 0.25) is 0 Å². The maximum absolute atomic E-state index is 13.5. The summed E-state index contributed by atoms with van der Waals surface area (Å²) in [6.07, 6.45) is 0.807. The number of fused-ring (bicyclic) bond motifs is 4. The number of carbonyl (C=O) groups is 4. The largest absolute Gasteiger partial charge is 0.351 e. The zero-order valence-corrected chi connectivity index (χ0v) is 26.2. The van der Waals surface area contributed by atoms with Crippen molar-refractivity contribution in [2.75, 3.05) is 19.6 Å². The third-order valence-electron chi connectivity index (χ3n) is 7.00. The van der Waals surface area contributed by atoms with Crippen molar-refractivity contribution in [3.8, 4) is 0 Å². The average Bonchev–Trinajstić information content (AvgIpc) is 3.78. The Morgan fingerprint density at radius 2 is 1.73 bits per heavy atom. The maximum Gasteiger partial charge on any atom is 0.292 e. The molecule has 1 aromatic carbocycles. The number of carbonyl (C=O) groups excluding carboxylic acids is 4. The number of hydrogen-bond donors (Lipinski definition) is 3. The van der Waals surface area contributed by atoms with Gasteiger partial charge in [0, 0.05) is 29.9 Å². The number of aryl methyl sites for hydroxylation is 1. The van der Waals surface area contributed by atoms with Crippen molar-refractivity contribution >= 4 is 46.3 Å². The third kappa shape index (κ3) is 7.55. The van der Waals surface area contributed by atoms with Crippen molar-refractivity contribution in [3.63, 3.8) is 0 Å². The summed E-state index contributed by atoms with van der Waals surface area (Å²) in [5.74, 6) is -1.63. The van der Waals surface area contributed by atoms with Gasteiger partial charge in [-0.15, -0.1) is 22.7 Å². The van der Waals surface area contributed by atoms with Crippen LogP contribution in [0.5, 0.6) is 0 Å². The smallest absolute Gasteiger partial charge is 0.292 e. The highest BCUT2D eigenvalue weighted by atomic mass is 32.1. The van der Waals surface area contributed by atoms with Gasteiger partial charge < -0.3 is 25.4 Å². The fourth-order valence-electron chi connectivity index (χ4n) is 4.71. The normalized spacial score (nSPS) is 18.5. The van der Waals surface area contributed by atoms with E-state index < -0.39 is 23.9 Å². The Morgan fingerprint density at radius 3 is 2.43 bits per heavy atom. The molecule has 44 heavy (non-hydrogen) atoms. The molecule has 5 rings (SSSR count). The number of hydrogen-bond acceptors (Lipinski definition) is 10. The standard InChI is InChI=1S/C30H33N7O5S2/c1-17(2)25-29-34-21(15-44-29)26(39)31-10-7-11-37(30(41)23-12-18(3)36-42-23)14-24(38)32-20(13-19-8-5-4-6-9-19)28-33-22(16-43-28)27(40)35-25/h4-6,8-9,12,15-17,20,25H,7,10-11,13-14H2,1-3H3,(H,31,39)(H,32,38)(H,35,40)/t20-,25-/m0/s1. The zero-order chi connectivity index (χ0) is 31.2. The lowest BCUT2D eigenvalue weighted by Crippen LogP contribution is -2.43. The highest BCUT2D eigenvalue weighted by molar-refractivity contribution is 7.10. The molecule has 4 amide bonds. The molecule has 12 nitrogen and oxygen atoms in total. The van der Waals surface area contributed by atoms with E-state index in [0.29, 0.717) is 28.6 Å². The number of benzene rings is 1. The van der Waals surface area contributed by atoms with Crippen molar-refractivity contribution in [2.45, 2.75) is 45.7 Å². The van der Waals surface area contributed by atoms with Gasteiger partial charge in [0.15, 0.2) is 0 Å². The summed E-state index contributed by atoms with van der Waals surface area (Å²) in [5, 5.41) is 17.2. The lowest BCUT2D eigenvalue weighted by atomic mass is 10.0. The van der Waals surface area contributed by atoms with Crippen LogP contribution in [0.4, 0.5) is 0 Å². The summed E-state index contributed by atoms with van der Waals surface area (Å²) >= 11 is 2.58. The summed E-state index contributed by atoms with van der Waals surface area (Å²) in [7, 11) is 0. The zero-order valence-electron chi connectivity index (χ0n) is 24.5. The van der Waals surface area contributed by atoms with E-state index in [0.717, 1.165) is 5.56 Å². The molecule has 0 fully saturated rings. The van der Waals surface area contributed by atoms with Gasteiger partial charge in [0.25, 0.3) is 17.7 Å². The fraction of sp³-hybridized carbons (Fsp3) is 0.367. The Labute approximate surface area is 262 Å². The van der Waals surface area contributed by atoms with Crippen LogP contribution in [0.1, 0.15) is 85.2 Å². The molecule has 3 N–H and O–H groups in total. The summed E-state index contributed by atoms with van der Waals surface area (Å²) in [6.45, 7) is 5.79. The van der Waals surface area contributed by atoms with E-state index in [4.69, 9.17) is 4.52 Å². The lowest BCUT2D eigenvalue weighted by Gasteiger charge is -2.23. The molecule has 1 aliphatic heterocycles. The molecule has 0 saturated heterocycles. The van der Waals surface area contributed by atoms with Crippen LogP contribution in [0.25, 0.3) is 0 Å². The first-order valence-electron chi connectivity index (χ1n) is 14.2. The number of amides is 4. The quantitative estimate of drug-likeness (QED) is 0.306. The van der Waals surface area contributed by atoms with Gasteiger partial charge in [-0.3, -0.25) is 19.2 Å². The molecule has 0 radical (unpaired) electrons. The Kier molecular flexibility index (Phi) is 9.80. The minimum atomic E-state index is -0.551. The Hall–Kier alpha value is -4.43. The number of thiazole rings is 2. The van der Waals surface area contributed by atoms with Gasteiger partial charge in [-0.2, -0.15) is 0 Å². The van der Waals surface area contributed by atoms with Crippen LogP contribution in [0, 0.1) is 12.8 Å². The van der Waals surface area contributed by atoms with Gasteiger partial charge >= 0.3 is 0 Å². The van der Waals surface area contributed by atoms with E-state index in [-0.39, 0.29) is 54.5 Å². The van der Waals surface area contributed by atoms with Crippen molar-refractivity contribution in [3.05, 3.63) is 85.6 Å². The first kappa shape index (κ1) is 31.0. The van der Waals surface area contributed by atoms with Crippen LogP contribution >= 0.6 is 22.7 Å². The van der Waals surface area contributed by atoms with E-state index >= 15 is 0 Å². The average molecular weight is 636 g/mol. The molecule has 1 aliphatic rings. The molecular weight excluding hydrogens is 603 g/mol. The van der Waals surface area contributed by atoms with E-state index in [1.54, 1.807) is 17.7 Å². The van der Waals surface area contributed by atoms with E-state index in [9.17, 15) is 19.2 Å². The molecule has 3 aromatic heterocycles. The van der Waals surface area contributed by atoms with Gasteiger partial charge in [-0.25, -0.2) is 9.97 Å². The molecular formula is C30H33N7O5S2. The fourth-order valence-corrected chi connectivity index (χ4v) is 6.58. The van der Waals surface area contributed by atoms with Gasteiger partial charge in [0.1, 0.15) is 21.4 Å². The molecule has 14 heteroatoms. The van der Waals surface area contributed by atoms with Gasteiger partial charge in [-0.05, 0) is 31.2 Å². The predicted molar refractivity (Wildman–Crippen MR) is 164 cm³/mol. The first-order valence-corrected chi connectivity index (χ1v) is 16.0. The Bertz CT molecular complexity index is 1630. The van der Waals surface area contributed by atoms with Crippen molar-refractivity contribution in [2.24, 2.45) is 5.92 Å². The first-order chi connectivity index (χ1) is 21.2. The predicted octanol–water partition coefficient (Wildman–Crippen LogP) is 3.70. The molecule has 0 saturated carbocycles. The van der Waals surface area contributed by atoms with Crippen LogP contribution in [0.15, 0.2) is 51.7 Å². The Balaban J connectivity index is 1.47. The third-order valence-corrected chi connectivity index (χ3v) is 8.88. The number of nitrogens with zero attached hydrogens (tertiary/aromatic N) is 4. The molecule has 0 spiro atoms. The van der Waals surface area contributed by atoms with E-state index in [1.165, 1.54) is 33.6 Å².